The summed E-state index contributed by atoms with van der Waals surface area (Å²) in [5, 5.41) is 14.8. The van der Waals surface area contributed by atoms with E-state index in [1.807, 2.05) is 13.8 Å². The first-order valence-corrected chi connectivity index (χ1v) is 7.32. The molecule has 23 heavy (non-hydrogen) atoms. The Bertz CT molecular complexity index is 702. The molecule has 1 amide bonds. The van der Waals surface area contributed by atoms with Crippen molar-refractivity contribution in [2.45, 2.75) is 26.7 Å². The van der Waals surface area contributed by atoms with Gasteiger partial charge in [-0.15, -0.1) is 0 Å². The Morgan fingerprint density at radius 3 is 2.61 bits per heavy atom. The van der Waals surface area contributed by atoms with Gasteiger partial charge in [-0.05, 0) is 50.3 Å². The fourth-order valence-electron chi connectivity index (χ4n) is 2.34. The summed E-state index contributed by atoms with van der Waals surface area (Å²) in [5.74, 6) is -0.0497. The molecule has 1 N–H and O–H groups in total. The van der Waals surface area contributed by atoms with Crippen molar-refractivity contribution >= 4 is 17.3 Å². The highest BCUT2D eigenvalue weighted by atomic mass is 16.6. The number of hydrogen-bond donors (Lipinski definition) is 1. The van der Waals surface area contributed by atoms with Gasteiger partial charge in [-0.1, -0.05) is 18.2 Å². The van der Waals surface area contributed by atoms with E-state index in [1.54, 1.807) is 0 Å². The molecule has 0 aromatic heterocycles. The fraction of sp³-hybridized carbons (Fsp3) is 0.294. The maximum absolute atomic E-state index is 12.1. The molecule has 0 bridgehead atoms. The SMILES string of the molecule is C=C(C)[C@@H]1CC=C(C)/C(=N/NC(=O)c2ccc([N+](=O)[O-])cc2)C1. The number of carbonyl (C=O) groups excluding carboxylic acids is 1. The van der Waals surface area contributed by atoms with Gasteiger partial charge in [-0.2, -0.15) is 5.10 Å². The van der Waals surface area contributed by atoms with E-state index in [0.717, 1.165) is 29.7 Å². The van der Waals surface area contributed by atoms with Crippen molar-refractivity contribution in [3.8, 4) is 0 Å². The molecular weight excluding hydrogens is 294 g/mol. The number of rotatable bonds is 4. The Kier molecular flexibility index (Phi) is 5.05. The van der Waals surface area contributed by atoms with Crippen LogP contribution in [0.4, 0.5) is 5.69 Å². The molecule has 0 unspecified atom stereocenters. The van der Waals surface area contributed by atoms with Crippen LogP contribution in [0.25, 0.3) is 0 Å². The third kappa shape index (κ3) is 4.12. The van der Waals surface area contributed by atoms with Gasteiger partial charge >= 0.3 is 0 Å². The lowest BCUT2D eigenvalue weighted by atomic mass is 9.85. The van der Waals surface area contributed by atoms with Gasteiger partial charge in [-0.25, -0.2) is 5.43 Å². The lowest BCUT2D eigenvalue weighted by Crippen LogP contribution is -2.23. The number of carbonyl (C=O) groups is 1. The molecule has 0 saturated heterocycles. The van der Waals surface area contributed by atoms with Crippen molar-refractivity contribution < 1.29 is 9.72 Å². The van der Waals surface area contributed by atoms with E-state index in [2.05, 4.69) is 23.2 Å². The molecular formula is C17H19N3O3. The van der Waals surface area contributed by atoms with Crippen LogP contribution in [0.5, 0.6) is 0 Å². The monoisotopic (exact) mass is 313 g/mol. The quantitative estimate of drug-likeness (QED) is 0.523. The molecule has 0 radical (unpaired) electrons. The normalized spacial score (nSPS) is 19.1. The summed E-state index contributed by atoms with van der Waals surface area (Å²) in [5.41, 5.74) is 5.77. The smallest absolute Gasteiger partial charge is 0.267 e. The van der Waals surface area contributed by atoms with Gasteiger partial charge in [0.2, 0.25) is 0 Å². The zero-order valence-corrected chi connectivity index (χ0v) is 13.2. The molecule has 0 fully saturated rings. The molecule has 6 nitrogen and oxygen atoms in total. The first-order chi connectivity index (χ1) is 10.9. The minimum Gasteiger partial charge on any atom is -0.267 e. The third-order valence-electron chi connectivity index (χ3n) is 3.93. The highest BCUT2D eigenvalue weighted by molar-refractivity contribution is 6.02. The number of nitro groups is 1. The second-order valence-electron chi connectivity index (χ2n) is 5.67. The number of nitrogens with zero attached hydrogens (tertiary/aromatic N) is 2. The molecule has 1 aliphatic rings. The Labute approximate surface area is 134 Å². The number of non-ortho nitro benzene ring substituents is 1. The summed E-state index contributed by atoms with van der Waals surface area (Å²) < 4.78 is 0. The first-order valence-electron chi connectivity index (χ1n) is 7.32. The van der Waals surface area contributed by atoms with Crippen LogP contribution in [-0.4, -0.2) is 16.5 Å². The standard InChI is InChI=1S/C17H19N3O3/c1-11(2)14-5-4-12(3)16(10-14)18-19-17(21)13-6-8-15(9-7-13)20(22)23/h4,6-9,14H,1,5,10H2,2-3H3,(H,19,21)/b18-16+/t14-/m1/s1. The van der Waals surface area contributed by atoms with Crippen LogP contribution in [0, 0.1) is 16.0 Å². The molecule has 0 spiro atoms. The van der Waals surface area contributed by atoms with Crippen LogP contribution in [0.2, 0.25) is 0 Å². The molecule has 0 aliphatic heterocycles. The lowest BCUT2D eigenvalue weighted by molar-refractivity contribution is -0.384. The molecule has 0 heterocycles. The summed E-state index contributed by atoms with van der Waals surface area (Å²) in [7, 11) is 0. The summed E-state index contributed by atoms with van der Waals surface area (Å²) >= 11 is 0. The highest BCUT2D eigenvalue weighted by Crippen LogP contribution is 2.26. The number of allylic oxidation sites excluding steroid dienone is 3. The maximum atomic E-state index is 12.1. The van der Waals surface area contributed by atoms with Gasteiger partial charge in [0.15, 0.2) is 0 Å². The van der Waals surface area contributed by atoms with E-state index in [0.29, 0.717) is 11.5 Å². The summed E-state index contributed by atoms with van der Waals surface area (Å²) in [6.45, 7) is 7.93. The van der Waals surface area contributed by atoms with Crippen molar-refractivity contribution in [1.29, 1.82) is 0 Å². The van der Waals surface area contributed by atoms with Crippen LogP contribution >= 0.6 is 0 Å². The van der Waals surface area contributed by atoms with Crippen molar-refractivity contribution in [3.05, 3.63) is 63.7 Å². The zero-order valence-electron chi connectivity index (χ0n) is 13.2. The van der Waals surface area contributed by atoms with Crippen LogP contribution in [-0.2, 0) is 0 Å². The van der Waals surface area contributed by atoms with Gasteiger partial charge < -0.3 is 0 Å². The van der Waals surface area contributed by atoms with Gasteiger partial charge in [0.1, 0.15) is 0 Å². The van der Waals surface area contributed by atoms with Crippen molar-refractivity contribution in [1.82, 2.24) is 5.43 Å². The van der Waals surface area contributed by atoms with Crippen molar-refractivity contribution in [3.63, 3.8) is 0 Å². The predicted molar refractivity (Wildman–Crippen MR) is 89.3 cm³/mol. The number of amides is 1. The summed E-state index contributed by atoms with van der Waals surface area (Å²) in [6.07, 6.45) is 3.79. The highest BCUT2D eigenvalue weighted by Gasteiger charge is 2.19. The number of nitrogens with one attached hydrogen (secondary N) is 1. The zero-order chi connectivity index (χ0) is 17.0. The second kappa shape index (κ2) is 7.00. The summed E-state index contributed by atoms with van der Waals surface area (Å²) in [6, 6.07) is 5.41. The molecule has 1 atom stereocenters. The number of benzene rings is 1. The predicted octanol–water partition coefficient (Wildman–Crippen LogP) is 3.61. The van der Waals surface area contributed by atoms with Gasteiger partial charge in [0, 0.05) is 17.7 Å². The number of nitro benzene ring substituents is 1. The summed E-state index contributed by atoms with van der Waals surface area (Å²) in [4.78, 5) is 22.2. The Morgan fingerprint density at radius 2 is 2.04 bits per heavy atom. The minimum atomic E-state index is -0.504. The van der Waals surface area contributed by atoms with Crippen LogP contribution in [0.15, 0.2) is 53.2 Å². The molecule has 1 aliphatic carbocycles. The third-order valence-corrected chi connectivity index (χ3v) is 3.93. The minimum absolute atomic E-state index is 0.0526. The number of hydrazone groups is 1. The van der Waals surface area contributed by atoms with Crippen LogP contribution in [0.1, 0.15) is 37.0 Å². The lowest BCUT2D eigenvalue weighted by Gasteiger charge is -2.22. The molecule has 120 valence electrons. The second-order valence-corrected chi connectivity index (χ2v) is 5.67. The average molecular weight is 313 g/mol. The van der Waals surface area contributed by atoms with E-state index in [9.17, 15) is 14.9 Å². The molecule has 6 heteroatoms. The van der Waals surface area contributed by atoms with Crippen LogP contribution < -0.4 is 5.43 Å². The fourth-order valence-corrected chi connectivity index (χ4v) is 2.34. The van der Waals surface area contributed by atoms with Crippen LogP contribution in [0.3, 0.4) is 0 Å². The molecule has 1 aromatic carbocycles. The van der Waals surface area contributed by atoms with E-state index in [-0.39, 0.29) is 5.69 Å². The molecule has 0 saturated carbocycles. The van der Waals surface area contributed by atoms with Gasteiger partial charge in [0.05, 0.1) is 10.6 Å². The number of hydrogen-bond acceptors (Lipinski definition) is 4. The van der Waals surface area contributed by atoms with Gasteiger partial charge in [0.25, 0.3) is 11.6 Å². The Hall–Kier alpha value is -2.76. The van der Waals surface area contributed by atoms with Crippen molar-refractivity contribution in [2.24, 2.45) is 11.0 Å². The van der Waals surface area contributed by atoms with E-state index in [4.69, 9.17) is 0 Å². The maximum Gasteiger partial charge on any atom is 0.271 e. The van der Waals surface area contributed by atoms with E-state index in [1.165, 1.54) is 24.3 Å². The van der Waals surface area contributed by atoms with Gasteiger partial charge in [-0.3, -0.25) is 14.9 Å². The topological polar surface area (TPSA) is 84.6 Å². The Balaban J connectivity index is 2.07. The Morgan fingerprint density at radius 1 is 1.39 bits per heavy atom. The largest absolute Gasteiger partial charge is 0.271 e. The molecule has 1 aromatic rings. The van der Waals surface area contributed by atoms with E-state index >= 15 is 0 Å². The van der Waals surface area contributed by atoms with E-state index < -0.39 is 10.8 Å². The first kappa shape index (κ1) is 16.6. The average Bonchev–Trinajstić information content (AvgIpc) is 2.53. The van der Waals surface area contributed by atoms with Crippen molar-refractivity contribution in [2.75, 3.05) is 0 Å². The molecule has 2 rings (SSSR count).